The first-order valence-electron chi connectivity index (χ1n) is 6.88. The third-order valence-electron chi connectivity index (χ3n) is 3.94. The van der Waals surface area contributed by atoms with Crippen LogP contribution >= 0.6 is 0 Å². The van der Waals surface area contributed by atoms with E-state index in [0.29, 0.717) is 6.04 Å². The van der Waals surface area contributed by atoms with Gasteiger partial charge in [0.15, 0.2) is 0 Å². The molecule has 3 nitrogen and oxygen atoms in total. The lowest BCUT2D eigenvalue weighted by molar-refractivity contribution is 0.0260. The first kappa shape index (κ1) is 12.0. The Morgan fingerprint density at radius 1 is 1.22 bits per heavy atom. The summed E-state index contributed by atoms with van der Waals surface area (Å²) >= 11 is 0. The van der Waals surface area contributed by atoms with Crippen molar-refractivity contribution < 1.29 is 4.74 Å². The van der Waals surface area contributed by atoms with Crippen LogP contribution in [0.3, 0.4) is 0 Å². The van der Waals surface area contributed by atoms with Crippen molar-refractivity contribution in [2.45, 2.75) is 31.9 Å². The van der Waals surface area contributed by atoms with Gasteiger partial charge in [0.25, 0.3) is 0 Å². The van der Waals surface area contributed by atoms with Gasteiger partial charge in [-0.1, -0.05) is 18.2 Å². The molecule has 1 aromatic carbocycles. The van der Waals surface area contributed by atoms with Crippen molar-refractivity contribution in [1.82, 2.24) is 10.2 Å². The molecule has 18 heavy (non-hydrogen) atoms. The SMILES string of the molecule is CC1(C)CC(N2CCNCC2)c2ccccc2O1. The Morgan fingerprint density at radius 2 is 1.94 bits per heavy atom. The average Bonchev–Trinajstić information content (AvgIpc) is 2.38. The van der Waals surface area contributed by atoms with Crippen molar-refractivity contribution in [2.75, 3.05) is 26.2 Å². The molecule has 0 bridgehead atoms. The molecule has 1 aromatic rings. The van der Waals surface area contributed by atoms with Crippen LogP contribution in [0.5, 0.6) is 5.75 Å². The van der Waals surface area contributed by atoms with Crippen molar-refractivity contribution in [3.63, 3.8) is 0 Å². The minimum Gasteiger partial charge on any atom is -0.487 e. The average molecular weight is 246 g/mol. The zero-order valence-corrected chi connectivity index (χ0v) is 11.3. The van der Waals surface area contributed by atoms with Gasteiger partial charge in [-0.05, 0) is 19.9 Å². The molecule has 3 heteroatoms. The van der Waals surface area contributed by atoms with Gasteiger partial charge in [0.2, 0.25) is 0 Å². The van der Waals surface area contributed by atoms with Crippen molar-refractivity contribution in [1.29, 1.82) is 0 Å². The number of hydrogen-bond donors (Lipinski definition) is 1. The quantitative estimate of drug-likeness (QED) is 0.822. The van der Waals surface area contributed by atoms with E-state index in [1.807, 2.05) is 0 Å². The lowest BCUT2D eigenvalue weighted by atomic mass is 9.88. The molecule has 1 saturated heterocycles. The molecule has 2 aliphatic rings. The normalized spacial score (nSPS) is 27.3. The van der Waals surface area contributed by atoms with Crippen LogP contribution in [-0.4, -0.2) is 36.7 Å². The van der Waals surface area contributed by atoms with Gasteiger partial charge in [-0.2, -0.15) is 0 Å². The predicted molar refractivity (Wildman–Crippen MR) is 72.9 cm³/mol. The van der Waals surface area contributed by atoms with E-state index in [0.717, 1.165) is 38.3 Å². The minimum absolute atomic E-state index is 0.0656. The number of nitrogens with zero attached hydrogens (tertiary/aromatic N) is 1. The highest BCUT2D eigenvalue weighted by Crippen LogP contribution is 2.42. The Labute approximate surface area is 109 Å². The topological polar surface area (TPSA) is 24.5 Å². The number of nitrogens with one attached hydrogen (secondary N) is 1. The van der Waals surface area contributed by atoms with Crippen LogP contribution in [0.1, 0.15) is 31.9 Å². The molecule has 0 spiro atoms. The van der Waals surface area contributed by atoms with Crippen LogP contribution in [0.15, 0.2) is 24.3 Å². The number of benzene rings is 1. The van der Waals surface area contributed by atoms with E-state index in [1.54, 1.807) is 0 Å². The summed E-state index contributed by atoms with van der Waals surface area (Å²) < 4.78 is 6.10. The van der Waals surface area contributed by atoms with Gasteiger partial charge in [0.05, 0.1) is 0 Å². The van der Waals surface area contributed by atoms with Gasteiger partial charge in [-0.3, -0.25) is 4.90 Å². The smallest absolute Gasteiger partial charge is 0.124 e. The van der Waals surface area contributed by atoms with E-state index in [-0.39, 0.29) is 5.60 Å². The van der Waals surface area contributed by atoms with Gasteiger partial charge in [-0.15, -0.1) is 0 Å². The molecule has 1 unspecified atom stereocenters. The van der Waals surface area contributed by atoms with Crippen LogP contribution < -0.4 is 10.1 Å². The van der Waals surface area contributed by atoms with E-state index in [1.165, 1.54) is 5.56 Å². The molecule has 3 rings (SSSR count). The number of hydrogen-bond acceptors (Lipinski definition) is 3. The lowest BCUT2D eigenvalue weighted by Gasteiger charge is -2.43. The van der Waals surface area contributed by atoms with E-state index < -0.39 is 0 Å². The van der Waals surface area contributed by atoms with Gasteiger partial charge in [-0.25, -0.2) is 0 Å². The maximum atomic E-state index is 6.10. The highest BCUT2D eigenvalue weighted by atomic mass is 16.5. The molecule has 0 radical (unpaired) electrons. The van der Waals surface area contributed by atoms with Crippen molar-refractivity contribution in [2.24, 2.45) is 0 Å². The van der Waals surface area contributed by atoms with Crippen molar-refractivity contribution >= 4 is 0 Å². The Balaban J connectivity index is 1.93. The van der Waals surface area contributed by atoms with Gasteiger partial charge >= 0.3 is 0 Å². The molecule has 2 aliphatic heterocycles. The summed E-state index contributed by atoms with van der Waals surface area (Å²) in [5.41, 5.74) is 1.29. The third kappa shape index (κ3) is 2.25. The first-order valence-corrected chi connectivity index (χ1v) is 6.88. The van der Waals surface area contributed by atoms with E-state index in [9.17, 15) is 0 Å². The molecule has 0 amide bonds. The molecular formula is C15H22N2O. The zero-order valence-electron chi connectivity index (χ0n) is 11.3. The summed E-state index contributed by atoms with van der Waals surface area (Å²) in [5, 5.41) is 3.43. The van der Waals surface area contributed by atoms with Crippen LogP contribution in [0.4, 0.5) is 0 Å². The number of ether oxygens (including phenoxy) is 1. The molecule has 1 atom stereocenters. The van der Waals surface area contributed by atoms with E-state index >= 15 is 0 Å². The molecule has 1 N–H and O–H groups in total. The van der Waals surface area contributed by atoms with E-state index in [2.05, 4.69) is 48.3 Å². The summed E-state index contributed by atoms with van der Waals surface area (Å²) in [5.74, 6) is 1.07. The maximum Gasteiger partial charge on any atom is 0.124 e. The summed E-state index contributed by atoms with van der Waals surface area (Å²) in [6.45, 7) is 8.85. The Morgan fingerprint density at radius 3 is 2.72 bits per heavy atom. The standard InChI is InChI=1S/C15H22N2O/c1-15(2)11-13(17-9-7-16-8-10-17)12-5-3-4-6-14(12)18-15/h3-6,13,16H,7-11H2,1-2H3. The fourth-order valence-corrected chi connectivity index (χ4v) is 3.08. The molecule has 98 valence electrons. The Bertz CT molecular complexity index is 424. The third-order valence-corrected chi connectivity index (χ3v) is 3.94. The summed E-state index contributed by atoms with van der Waals surface area (Å²) in [7, 11) is 0. The molecular weight excluding hydrogens is 224 g/mol. The van der Waals surface area contributed by atoms with Crippen LogP contribution in [0.2, 0.25) is 0 Å². The lowest BCUT2D eigenvalue weighted by Crippen LogP contribution is -2.48. The molecule has 2 heterocycles. The molecule has 0 aliphatic carbocycles. The highest BCUT2D eigenvalue weighted by molar-refractivity contribution is 5.38. The second-order valence-corrected chi connectivity index (χ2v) is 5.91. The summed E-state index contributed by atoms with van der Waals surface area (Å²) in [6, 6.07) is 9.01. The van der Waals surface area contributed by atoms with Crippen LogP contribution in [0, 0.1) is 0 Å². The highest BCUT2D eigenvalue weighted by Gasteiger charge is 2.36. The second-order valence-electron chi connectivity index (χ2n) is 5.91. The molecule has 0 saturated carbocycles. The van der Waals surface area contributed by atoms with E-state index in [4.69, 9.17) is 4.74 Å². The van der Waals surface area contributed by atoms with Crippen molar-refractivity contribution in [3.05, 3.63) is 29.8 Å². The maximum absolute atomic E-state index is 6.10. The van der Waals surface area contributed by atoms with Crippen LogP contribution in [0.25, 0.3) is 0 Å². The predicted octanol–water partition coefficient (Wildman–Crippen LogP) is 2.19. The van der Waals surface area contributed by atoms with Gasteiger partial charge < -0.3 is 10.1 Å². The fraction of sp³-hybridized carbons (Fsp3) is 0.600. The van der Waals surface area contributed by atoms with Crippen LogP contribution in [-0.2, 0) is 0 Å². The summed E-state index contributed by atoms with van der Waals surface area (Å²) in [6.07, 6.45) is 1.07. The number of piperazine rings is 1. The van der Waals surface area contributed by atoms with Crippen molar-refractivity contribution in [3.8, 4) is 5.75 Å². The summed E-state index contributed by atoms with van der Waals surface area (Å²) in [4.78, 5) is 2.60. The fourth-order valence-electron chi connectivity index (χ4n) is 3.08. The Hall–Kier alpha value is -1.06. The van der Waals surface area contributed by atoms with Gasteiger partial charge in [0, 0.05) is 44.2 Å². The minimum atomic E-state index is -0.0656. The largest absolute Gasteiger partial charge is 0.487 e. The Kier molecular flexibility index (Phi) is 3.04. The monoisotopic (exact) mass is 246 g/mol. The number of para-hydroxylation sites is 1. The number of rotatable bonds is 1. The molecule has 1 fully saturated rings. The molecule has 0 aromatic heterocycles. The number of fused-ring (bicyclic) bond motifs is 1. The second kappa shape index (κ2) is 4.56. The van der Waals surface area contributed by atoms with Gasteiger partial charge in [0.1, 0.15) is 11.4 Å². The first-order chi connectivity index (χ1) is 8.66. The zero-order chi connectivity index (χ0) is 12.6.